The largest absolute Gasteiger partial charge is 0.480 e. The van der Waals surface area contributed by atoms with Gasteiger partial charge in [-0.3, -0.25) is 4.79 Å². The predicted octanol–water partition coefficient (Wildman–Crippen LogP) is 0.177. The molecule has 2 rings (SSSR count). The van der Waals surface area contributed by atoms with Gasteiger partial charge in [-0.1, -0.05) is 30.3 Å². The van der Waals surface area contributed by atoms with Crippen molar-refractivity contribution in [2.75, 3.05) is 19.7 Å². The Hall–Kier alpha value is -1.92. The lowest BCUT2D eigenvalue weighted by Crippen LogP contribution is -2.60. The molecule has 1 saturated heterocycles. The molecule has 0 unspecified atom stereocenters. The molecule has 0 saturated carbocycles. The molecule has 1 aromatic carbocycles. The molecule has 6 heteroatoms. The van der Waals surface area contributed by atoms with Gasteiger partial charge in [0.1, 0.15) is 12.6 Å². The van der Waals surface area contributed by atoms with Gasteiger partial charge in [0.15, 0.2) is 0 Å². The number of hydrogen-bond donors (Lipinski definition) is 3. The molecule has 3 N–H and O–H groups in total. The van der Waals surface area contributed by atoms with Crippen molar-refractivity contribution < 1.29 is 19.4 Å². The zero-order chi connectivity index (χ0) is 15.3. The highest BCUT2D eigenvalue weighted by Gasteiger charge is 2.33. The van der Waals surface area contributed by atoms with Crippen molar-refractivity contribution >= 4 is 11.9 Å². The zero-order valence-electron chi connectivity index (χ0n) is 12.0. The van der Waals surface area contributed by atoms with Gasteiger partial charge in [0.05, 0.1) is 5.60 Å². The average molecular weight is 292 g/mol. The topological polar surface area (TPSA) is 87.7 Å². The average Bonchev–Trinajstić information content (AvgIpc) is 2.43. The molecule has 1 atom stereocenters. The summed E-state index contributed by atoms with van der Waals surface area (Å²) in [5.41, 5.74) is 0.538. The second kappa shape index (κ2) is 6.69. The fourth-order valence-corrected chi connectivity index (χ4v) is 2.10. The van der Waals surface area contributed by atoms with Crippen molar-refractivity contribution in [3.05, 3.63) is 35.9 Å². The van der Waals surface area contributed by atoms with Gasteiger partial charge in [-0.2, -0.15) is 0 Å². The van der Waals surface area contributed by atoms with Crippen molar-refractivity contribution in [2.45, 2.75) is 25.0 Å². The number of rotatable bonds is 7. The number of carbonyl (C=O) groups is 2. The maximum atomic E-state index is 11.8. The number of benzene rings is 1. The van der Waals surface area contributed by atoms with Crippen LogP contribution in [0, 0.1) is 0 Å². The van der Waals surface area contributed by atoms with E-state index >= 15 is 0 Å². The normalized spacial score (nSPS) is 17.6. The first-order chi connectivity index (χ1) is 9.98. The highest BCUT2D eigenvalue weighted by Crippen LogP contribution is 2.14. The molecule has 1 aliphatic heterocycles. The van der Waals surface area contributed by atoms with Gasteiger partial charge in [-0.25, -0.2) is 4.79 Å². The second-order valence-electron chi connectivity index (χ2n) is 5.49. The van der Waals surface area contributed by atoms with Crippen LogP contribution in [0.3, 0.4) is 0 Å². The summed E-state index contributed by atoms with van der Waals surface area (Å²) in [4.78, 5) is 23.1. The van der Waals surface area contributed by atoms with Gasteiger partial charge in [-0.05, 0) is 12.5 Å². The minimum atomic E-state index is -1.05. The molecule has 0 spiro atoms. The first kappa shape index (κ1) is 15.5. The number of aliphatic carboxylic acids is 1. The van der Waals surface area contributed by atoms with Gasteiger partial charge in [0.2, 0.25) is 5.91 Å². The summed E-state index contributed by atoms with van der Waals surface area (Å²) in [5.74, 6) is -1.46. The highest BCUT2D eigenvalue weighted by atomic mass is 16.5. The fraction of sp³-hybridized carbons (Fsp3) is 0.467. The van der Waals surface area contributed by atoms with E-state index < -0.39 is 17.9 Å². The summed E-state index contributed by atoms with van der Waals surface area (Å²) in [6.45, 7) is 3.19. The van der Waals surface area contributed by atoms with Gasteiger partial charge < -0.3 is 20.5 Å². The van der Waals surface area contributed by atoms with Crippen LogP contribution in [0.2, 0.25) is 0 Å². The summed E-state index contributed by atoms with van der Waals surface area (Å²) in [6, 6.07) is 8.25. The third-order valence-corrected chi connectivity index (χ3v) is 3.47. The van der Waals surface area contributed by atoms with Crippen LogP contribution in [0.5, 0.6) is 0 Å². The number of hydrogen-bond acceptors (Lipinski definition) is 4. The van der Waals surface area contributed by atoms with Crippen LogP contribution >= 0.6 is 0 Å². The van der Waals surface area contributed by atoms with E-state index in [-0.39, 0.29) is 18.6 Å². The van der Waals surface area contributed by atoms with Crippen LogP contribution in [0.1, 0.15) is 12.5 Å². The maximum Gasteiger partial charge on any atom is 0.326 e. The van der Waals surface area contributed by atoms with Gasteiger partial charge in [0.25, 0.3) is 0 Å². The van der Waals surface area contributed by atoms with Crippen molar-refractivity contribution in [2.24, 2.45) is 0 Å². The molecular formula is C15H20N2O4. The Labute approximate surface area is 123 Å². The quantitative estimate of drug-likeness (QED) is 0.667. The SMILES string of the molecule is CC1(OCC(=O)N[C@@H](Cc2ccccc2)C(=O)O)CNC1. The monoisotopic (exact) mass is 292 g/mol. The number of carboxylic acid groups (broad SMARTS) is 1. The molecule has 1 aliphatic rings. The van der Waals surface area contributed by atoms with E-state index in [2.05, 4.69) is 10.6 Å². The van der Waals surface area contributed by atoms with Gasteiger partial charge in [-0.15, -0.1) is 0 Å². The first-order valence-electron chi connectivity index (χ1n) is 6.89. The van der Waals surface area contributed by atoms with Crippen LogP contribution in [0.15, 0.2) is 30.3 Å². The Morgan fingerprint density at radius 1 is 1.38 bits per heavy atom. The summed E-state index contributed by atoms with van der Waals surface area (Å²) < 4.78 is 5.49. The smallest absolute Gasteiger partial charge is 0.326 e. The van der Waals surface area contributed by atoms with Crippen LogP contribution in [0.25, 0.3) is 0 Å². The molecule has 0 aliphatic carbocycles. The Morgan fingerprint density at radius 3 is 2.57 bits per heavy atom. The van der Waals surface area contributed by atoms with E-state index in [1.165, 1.54) is 0 Å². The molecule has 1 fully saturated rings. The Balaban J connectivity index is 1.84. The number of carbonyl (C=O) groups excluding carboxylic acids is 1. The zero-order valence-corrected chi connectivity index (χ0v) is 12.0. The molecule has 1 aromatic rings. The molecule has 6 nitrogen and oxygen atoms in total. The summed E-state index contributed by atoms with van der Waals surface area (Å²) in [7, 11) is 0. The molecule has 0 radical (unpaired) electrons. The van der Waals surface area contributed by atoms with E-state index in [1.807, 2.05) is 37.3 Å². The number of ether oxygens (including phenoxy) is 1. The second-order valence-corrected chi connectivity index (χ2v) is 5.49. The number of carboxylic acids is 1. The van der Waals surface area contributed by atoms with Gasteiger partial charge >= 0.3 is 5.97 Å². The lowest BCUT2D eigenvalue weighted by molar-refractivity contribution is -0.145. The summed E-state index contributed by atoms with van der Waals surface area (Å²) in [6.07, 6.45) is 0.251. The number of nitrogens with one attached hydrogen (secondary N) is 2. The number of amides is 1. The molecule has 0 bridgehead atoms. The fourth-order valence-electron chi connectivity index (χ4n) is 2.10. The van der Waals surface area contributed by atoms with E-state index in [0.29, 0.717) is 13.1 Å². The van der Waals surface area contributed by atoms with E-state index in [0.717, 1.165) is 5.56 Å². The van der Waals surface area contributed by atoms with Crippen LogP contribution in [-0.2, 0) is 20.7 Å². The van der Waals surface area contributed by atoms with E-state index in [1.54, 1.807) is 0 Å². The van der Waals surface area contributed by atoms with E-state index in [4.69, 9.17) is 4.74 Å². The lowest BCUT2D eigenvalue weighted by atomic mass is 10.0. The first-order valence-corrected chi connectivity index (χ1v) is 6.89. The molecule has 114 valence electrons. The van der Waals surface area contributed by atoms with E-state index in [9.17, 15) is 14.7 Å². The standard InChI is InChI=1S/C15H20N2O4/c1-15(9-16-10-15)21-8-13(18)17-12(14(19)20)7-11-5-3-2-4-6-11/h2-6,12,16H,7-10H2,1H3,(H,17,18)(H,19,20)/t12-/m0/s1. The van der Waals surface area contributed by atoms with Crippen LogP contribution in [-0.4, -0.2) is 48.3 Å². The molecule has 1 heterocycles. The van der Waals surface area contributed by atoms with Crippen LogP contribution < -0.4 is 10.6 Å². The lowest BCUT2D eigenvalue weighted by Gasteiger charge is -2.38. The highest BCUT2D eigenvalue weighted by molar-refractivity contribution is 5.84. The van der Waals surface area contributed by atoms with Crippen LogP contribution in [0.4, 0.5) is 0 Å². The van der Waals surface area contributed by atoms with Crippen molar-refractivity contribution in [3.63, 3.8) is 0 Å². The van der Waals surface area contributed by atoms with Crippen molar-refractivity contribution in [1.29, 1.82) is 0 Å². The minimum absolute atomic E-state index is 0.128. The molecule has 21 heavy (non-hydrogen) atoms. The predicted molar refractivity (Wildman–Crippen MR) is 76.9 cm³/mol. The van der Waals surface area contributed by atoms with Crippen molar-refractivity contribution in [1.82, 2.24) is 10.6 Å². The molecule has 1 amide bonds. The molecule has 0 aromatic heterocycles. The third kappa shape index (κ3) is 4.54. The Morgan fingerprint density at radius 2 is 2.05 bits per heavy atom. The Bertz CT molecular complexity index is 500. The Kier molecular flexibility index (Phi) is 4.93. The van der Waals surface area contributed by atoms with Crippen molar-refractivity contribution in [3.8, 4) is 0 Å². The maximum absolute atomic E-state index is 11.8. The third-order valence-electron chi connectivity index (χ3n) is 3.47. The summed E-state index contributed by atoms with van der Waals surface area (Å²) >= 11 is 0. The van der Waals surface area contributed by atoms with Gasteiger partial charge in [0, 0.05) is 19.5 Å². The molecular weight excluding hydrogens is 272 g/mol. The minimum Gasteiger partial charge on any atom is -0.480 e. The summed E-state index contributed by atoms with van der Waals surface area (Å²) in [5, 5.41) is 14.8.